The van der Waals surface area contributed by atoms with Crippen LogP contribution in [-0.4, -0.2) is 15.0 Å². The lowest BCUT2D eigenvalue weighted by Gasteiger charge is -1.86. The molecule has 0 bridgehead atoms. The largest absolute Gasteiger partial charge is 0.348 e. The first kappa shape index (κ1) is 8.65. The number of nitrogens with zero attached hydrogens (tertiary/aromatic N) is 4. The summed E-state index contributed by atoms with van der Waals surface area (Å²) in [6.45, 7) is 0. The number of rotatable bonds is 1. The molecular weight excluding hydrogens is 152 g/mol. The monoisotopic (exact) mass is 156 g/mol. The van der Waals surface area contributed by atoms with Gasteiger partial charge in [0.15, 0.2) is 0 Å². The summed E-state index contributed by atoms with van der Waals surface area (Å²) in [6, 6.07) is 0.0208. The van der Waals surface area contributed by atoms with Gasteiger partial charge < -0.3 is 4.74 Å². The zero-order chi connectivity index (χ0) is 6.53. The molecule has 0 spiro atoms. The fraction of sp³-hybridized carbons (Fsp3) is 0. The summed E-state index contributed by atoms with van der Waals surface area (Å²) in [6.07, 6.45) is 3.93. The SMILES string of the molecule is N#COc1ncncn1.S. The highest BCUT2D eigenvalue weighted by molar-refractivity contribution is 7.59. The Morgan fingerprint density at radius 3 is 2.50 bits per heavy atom. The van der Waals surface area contributed by atoms with Gasteiger partial charge in [-0.1, -0.05) is 0 Å². The van der Waals surface area contributed by atoms with Gasteiger partial charge in [0.25, 0.3) is 6.26 Å². The summed E-state index contributed by atoms with van der Waals surface area (Å²) in [4.78, 5) is 10.5. The van der Waals surface area contributed by atoms with Gasteiger partial charge in [0.2, 0.25) is 0 Å². The molecule has 1 rings (SSSR count). The lowest BCUT2D eigenvalue weighted by Crippen LogP contribution is -1.89. The van der Waals surface area contributed by atoms with E-state index in [1.807, 2.05) is 0 Å². The van der Waals surface area contributed by atoms with Gasteiger partial charge in [-0.05, 0) is 0 Å². The number of ether oxygens (including phenoxy) is 1. The van der Waals surface area contributed by atoms with Crippen molar-refractivity contribution < 1.29 is 4.74 Å². The van der Waals surface area contributed by atoms with Crippen molar-refractivity contribution in [1.82, 2.24) is 15.0 Å². The van der Waals surface area contributed by atoms with E-state index in [0.717, 1.165) is 0 Å². The van der Waals surface area contributed by atoms with E-state index in [1.54, 1.807) is 0 Å². The van der Waals surface area contributed by atoms with Crippen LogP contribution in [0.5, 0.6) is 6.01 Å². The van der Waals surface area contributed by atoms with Gasteiger partial charge in [-0.2, -0.15) is 23.5 Å². The molecule has 0 atom stereocenters. The molecule has 0 saturated heterocycles. The molecular formula is C4H4N4OS. The Bertz CT molecular complexity index is 220. The Morgan fingerprint density at radius 2 is 2.00 bits per heavy atom. The molecule has 0 fully saturated rings. The summed E-state index contributed by atoms with van der Waals surface area (Å²) >= 11 is 0. The highest BCUT2D eigenvalue weighted by Crippen LogP contribution is 1.92. The molecule has 1 aromatic rings. The fourth-order valence-corrected chi connectivity index (χ4v) is 0.322. The Kier molecular flexibility index (Phi) is 3.91. The highest BCUT2D eigenvalue weighted by Gasteiger charge is 1.89. The van der Waals surface area contributed by atoms with Gasteiger partial charge in [-0.25, -0.2) is 4.98 Å². The van der Waals surface area contributed by atoms with Crippen molar-refractivity contribution in [3.05, 3.63) is 12.7 Å². The second kappa shape index (κ2) is 4.52. The minimum absolute atomic E-state index is 0. The van der Waals surface area contributed by atoms with E-state index < -0.39 is 0 Å². The van der Waals surface area contributed by atoms with E-state index in [1.165, 1.54) is 18.9 Å². The van der Waals surface area contributed by atoms with Crippen molar-refractivity contribution >= 4 is 13.5 Å². The van der Waals surface area contributed by atoms with E-state index in [-0.39, 0.29) is 19.5 Å². The standard InChI is InChI=1S/C4H2N4O.H2S/c5-1-9-4-7-2-6-3-8-4;/h2-3H;1H2. The lowest BCUT2D eigenvalue weighted by atomic mass is 11.0. The van der Waals surface area contributed by atoms with E-state index >= 15 is 0 Å². The minimum Gasteiger partial charge on any atom is -0.348 e. The molecule has 0 saturated carbocycles. The van der Waals surface area contributed by atoms with Crippen LogP contribution in [0.15, 0.2) is 12.7 Å². The summed E-state index contributed by atoms with van der Waals surface area (Å²) in [5.41, 5.74) is 0. The third kappa shape index (κ3) is 2.28. The highest BCUT2D eigenvalue weighted by atomic mass is 32.1. The molecule has 0 aliphatic rings. The van der Waals surface area contributed by atoms with Crippen LogP contribution in [0.25, 0.3) is 0 Å². The van der Waals surface area contributed by atoms with Crippen molar-refractivity contribution in [2.45, 2.75) is 0 Å². The van der Waals surface area contributed by atoms with Crippen LogP contribution >= 0.6 is 13.5 Å². The molecule has 0 aliphatic heterocycles. The second-order valence-electron chi connectivity index (χ2n) is 1.11. The van der Waals surface area contributed by atoms with Crippen molar-refractivity contribution in [3.63, 3.8) is 0 Å². The predicted octanol–water partition coefficient (Wildman–Crippen LogP) is -0.156. The van der Waals surface area contributed by atoms with Crippen LogP contribution in [-0.2, 0) is 0 Å². The third-order valence-corrected chi connectivity index (χ3v) is 0.607. The number of hydrogen-bond donors (Lipinski definition) is 0. The van der Waals surface area contributed by atoms with Crippen LogP contribution in [0, 0.1) is 11.5 Å². The summed E-state index contributed by atoms with van der Waals surface area (Å²) in [7, 11) is 0. The Morgan fingerprint density at radius 1 is 1.40 bits per heavy atom. The fourth-order valence-electron chi connectivity index (χ4n) is 0.322. The van der Waals surface area contributed by atoms with Gasteiger partial charge in [0.05, 0.1) is 0 Å². The smallest absolute Gasteiger partial charge is 0.335 e. The summed E-state index contributed by atoms with van der Waals surface area (Å²) in [5.74, 6) is 0. The predicted molar refractivity (Wildman–Crippen MR) is 36.4 cm³/mol. The molecule has 6 heteroatoms. The average Bonchev–Trinajstić information content (AvgIpc) is 1.91. The molecule has 52 valence electrons. The third-order valence-electron chi connectivity index (χ3n) is 0.607. The number of nitriles is 1. The number of hydrogen-bond acceptors (Lipinski definition) is 5. The Balaban J connectivity index is 0.000000810. The van der Waals surface area contributed by atoms with Gasteiger partial charge >= 0.3 is 6.01 Å². The van der Waals surface area contributed by atoms with Crippen molar-refractivity contribution in [3.8, 4) is 12.3 Å². The Hall–Kier alpha value is -1.35. The first-order valence-corrected chi connectivity index (χ1v) is 2.11. The van der Waals surface area contributed by atoms with E-state index in [4.69, 9.17) is 5.26 Å². The molecule has 0 aliphatic carbocycles. The zero-order valence-corrected chi connectivity index (χ0v) is 5.85. The molecule has 0 amide bonds. The topological polar surface area (TPSA) is 71.7 Å². The zero-order valence-electron chi connectivity index (χ0n) is 4.85. The molecule has 1 aromatic heterocycles. The summed E-state index contributed by atoms with van der Waals surface area (Å²) < 4.78 is 4.25. The van der Waals surface area contributed by atoms with Crippen LogP contribution in [0.1, 0.15) is 0 Å². The lowest BCUT2D eigenvalue weighted by molar-refractivity contribution is 0.460. The first-order valence-electron chi connectivity index (χ1n) is 2.11. The minimum atomic E-state index is 0. The van der Waals surface area contributed by atoms with Crippen LogP contribution in [0.3, 0.4) is 0 Å². The molecule has 0 unspecified atom stereocenters. The quantitative estimate of drug-likeness (QED) is 0.528. The van der Waals surface area contributed by atoms with Crippen LogP contribution in [0.2, 0.25) is 0 Å². The molecule has 0 aromatic carbocycles. The number of aromatic nitrogens is 3. The van der Waals surface area contributed by atoms with Crippen molar-refractivity contribution in [1.29, 1.82) is 5.26 Å². The van der Waals surface area contributed by atoms with Gasteiger partial charge in [-0.15, -0.1) is 5.26 Å². The molecule has 0 radical (unpaired) electrons. The summed E-state index contributed by atoms with van der Waals surface area (Å²) in [5, 5.41) is 7.95. The molecule has 10 heavy (non-hydrogen) atoms. The van der Waals surface area contributed by atoms with Crippen molar-refractivity contribution in [2.24, 2.45) is 0 Å². The van der Waals surface area contributed by atoms with E-state index in [9.17, 15) is 0 Å². The van der Waals surface area contributed by atoms with E-state index in [2.05, 4.69) is 19.7 Å². The molecule has 0 N–H and O–H groups in total. The average molecular weight is 156 g/mol. The maximum Gasteiger partial charge on any atom is 0.335 e. The maximum absolute atomic E-state index is 7.95. The van der Waals surface area contributed by atoms with Crippen molar-refractivity contribution in [2.75, 3.05) is 0 Å². The van der Waals surface area contributed by atoms with Gasteiger partial charge in [0.1, 0.15) is 12.7 Å². The van der Waals surface area contributed by atoms with Gasteiger partial charge in [-0.3, -0.25) is 0 Å². The maximum atomic E-state index is 7.95. The second-order valence-corrected chi connectivity index (χ2v) is 1.11. The normalized spacial score (nSPS) is 7.10. The molecule has 1 heterocycles. The van der Waals surface area contributed by atoms with E-state index in [0.29, 0.717) is 0 Å². The van der Waals surface area contributed by atoms with Gasteiger partial charge in [0, 0.05) is 0 Å². The Labute approximate surface area is 64.2 Å². The first-order chi connectivity index (χ1) is 4.43. The molecule has 5 nitrogen and oxygen atoms in total. The van der Waals surface area contributed by atoms with Crippen LogP contribution < -0.4 is 4.74 Å². The van der Waals surface area contributed by atoms with Crippen LogP contribution in [0.4, 0.5) is 0 Å².